The van der Waals surface area contributed by atoms with Gasteiger partial charge in [-0.3, -0.25) is 4.79 Å². The average molecular weight is 366 g/mol. The molecule has 2 aromatic rings. The molecule has 1 atom stereocenters. The molecule has 0 aliphatic heterocycles. The highest BCUT2D eigenvalue weighted by molar-refractivity contribution is 6.24. The maximum atomic E-state index is 13.0. The van der Waals surface area contributed by atoms with Crippen molar-refractivity contribution < 1.29 is 9.53 Å². The quantitative estimate of drug-likeness (QED) is 0.442. The highest BCUT2D eigenvalue weighted by Gasteiger charge is 2.14. The van der Waals surface area contributed by atoms with Crippen LogP contribution in [0.15, 0.2) is 54.6 Å². The summed E-state index contributed by atoms with van der Waals surface area (Å²) in [6.07, 6.45) is 6.59. The number of rotatable bonds is 10. The Labute approximate surface area is 163 Å². The smallest absolute Gasteiger partial charge is 0.251 e. The zero-order valence-electron chi connectivity index (χ0n) is 16.7. The number of carbonyl (C=O) groups excluding carboxylic acids is 1. The monoisotopic (exact) mass is 365 g/mol. The number of unbranched alkanes of at least 4 members (excludes halogenated alkanes) is 1. The maximum absolute atomic E-state index is 13.0. The molecule has 0 aromatic heterocycles. The first-order valence-electron chi connectivity index (χ1n) is 9.87. The van der Waals surface area contributed by atoms with Crippen LogP contribution in [-0.4, -0.2) is 19.6 Å². The Morgan fingerprint density at radius 1 is 1.07 bits per heavy atom. The fourth-order valence-electron chi connectivity index (χ4n) is 3.04. The molecule has 0 heterocycles. The first-order chi connectivity index (χ1) is 13.2. The van der Waals surface area contributed by atoms with Crippen molar-refractivity contribution in [2.24, 2.45) is 5.92 Å². The van der Waals surface area contributed by atoms with Crippen molar-refractivity contribution in [1.82, 2.24) is 5.32 Å². The Bertz CT molecular complexity index is 720. The average Bonchev–Trinajstić information content (AvgIpc) is 2.73. The topological polar surface area (TPSA) is 38.3 Å². The zero-order valence-corrected chi connectivity index (χ0v) is 16.7. The molecular weight excluding hydrogens is 334 g/mol. The summed E-state index contributed by atoms with van der Waals surface area (Å²) in [6, 6.07) is 17.6. The van der Waals surface area contributed by atoms with E-state index in [4.69, 9.17) is 4.74 Å². The largest absolute Gasteiger partial charge is 0.497 e. The first-order valence-corrected chi connectivity index (χ1v) is 9.87. The second-order valence-corrected chi connectivity index (χ2v) is 6.82. The summed E-state index contributed by atoms with van der Waals surface area (Å²) >= 11 is 0. The second-order valence-electron chi connectivity index (χ2n) is 6.82. The number of methoxy groups -OCH3 is 1. The van der Waals surface area contributed by atoms with E-state index in [2.05, 4.69) is 19.2 Å². The Morgan fingerprint density at radius 3 is 2.37 bits per heavy atom. The number of benzene rings is 2. The minimum Gasteiger partial charge on any atom is -0.497 e. The van der Waals surface area contributed by atoms with Gasteiger partial charge >= 0.3 is 0 Å². The molecule has 0 saturated heterocycles. The summed E-state index contributed by atoms with van der Waals surface area (Å²) in [5.41, 5.74) is 2.58. The summed E-state index contributed by atoms with van der Waals surface area (Å²) in [5.74, 6) is 1.32. The van der Waals surface area contributed by atoms with E-state index in [0.29, 0.717) is 11.5 Å². The van der Waals surface area contributed by atoms with Crippen LogP contribution in [0.2, 0.25) is 0 Å². The molecule has 0 fully saturated rings. The molecule has 2 rings (SSSR count). The summed E-state index contributed by atoms with van der Waals surface area (Å²) in [6.45, 7) is 5.12. The molecule has 0 aliphatic carbocycles. The van der Waals surface area contributed by atoms with Gasteiger partial charge in [-0.05, 0) is 41.7 Å². The van der Waals surface area contributed by atoms with E-state index in [1.165, 1.54) is 12.8 Å². The van der Waals surface area contributed by atoms with Crippen molar-refractivity contribution in [1.29, 1.82) is 0 Å². The van der Waals surface area contributed by atoms with Gasteiger partial charge in [0.15, 0.2) is 0 Å². The third kappa shape index (κ3) is 6.59. The molecule has 144 valence electrons. The molecule has 0 radical (unpaired) electrons. The van der Waals surface area contributed by atoms with Crippen LogP contribution in [0.5, 0.6) is 5.75 Å². The van der Waals surface area contributed by atoms with Crippen LogP contribution in [0.4, 0.5) is 0 Å². The van der Waals surface area contributed by atoms with Gasteiger partial charge in [-0.1, -0.05) is 75.6 Å². The fourth-order valence-corrected chi connectivity index (χ4v) is 3.04. The van der Waals surface area contributed by atoms with Gasteiger partial charge in [-0.25, -0.2) is 0 Å². The van der Waals surface area contributed by atoms with E-state index in [1.54, 1.807) is 7.11 Å². The molecule has 3 nitrogen and oxygen atoms in total. The van der Waals surface area contributed by atoms with Gasteiger partial charge in [-0.15, -0.1) is 0 Å². The Hall–Kier alpha value is -2.55. The summed E-state index contributed by atoms with van der Waals surface area (Å²) < 4.78 is 5.22. The summed E-state index contributed by atoms with van der Waals surface area (Å²) in [5, 5.41) is 3.15. The molecule has 3 heteroatoms. The third-order valence-corrected chi connectivity index (χ3v) is 4.85. The highest BCUT2D eigenvalue weighted by Crippen LogP contribution is 2.21. The lowest BCUT2D eigenvalue weighted by molar-refractivity contribution is -0.115. The molecule has 0 saturated carbocycles. The Kier molecular flexibility index (Phi) is 8.63. The molecule has 1 N–H and O–H groups in total. The van der Waals surface area contributed by atoms with Crippen molar-refractivity contribution in [3.05, 3.63) is 65.7 Å². The number of hydrogen-bond acceptors (Lipinski definition) is 2. The number of nitrogens with one attached hydrogen (secondary N) is 1. The molecule has 1 unspecified atom stereocenters. The van der Waals surface area contributed by atoms with Crippen LogP contribution in [0.1, 0.15) is 50.7 Å². The second kappa shape index (κ2) is 11.2. The third-order valence-electron chi connectivity index (χ3n) is 4.85. The van der Waals surface area contributed by atoms with Crippen LogP contribution in [0.3, 0.4) is 0 Å². The fraction of sp³-hybridized carbons (Fsp3) is 0.375. The molecule has 0 spiro atoms. The zero-order chi connectivity index (χ0) is 19.5. The van der Waals surface area contributed by atoms with E-state index in [1.807, 2.05) is 60.7 Å². The minimum atomic E-state index is -0.0213. The molecule has 0 bridgehead atoms. The molecular formula is C24H31NO2. The van der Waals surface area contributed by atoms with Crippen LogP contribution < -0.4 is 10.1 Å². The van der Waals surface area contributed by atoms with Crippen molar-refractivity contribution >= 4 is 17.6 Å². The standard InChI is InChI=1S/C24H31NO2/c1-4-6-10-19(5-2)18-25-24(26)23(21-11-8-7-9-12-21)17-20-13-15-22(27-3)16-14-20/h7-9,11-17,19H,4-6,10,18H2,1-3H3,(H,25,26)/b23-17+. The normalized spacial score (nSPS) is 12.5. The van der Waals surface area contributed by atoms with E-state index >= 15 is 0 Å². The molecule has 1 amide bonds. The predicted molar refractivity (Wildman–Crippen MR) is 114 cm³/mol. The van der Waals surface area contributed by atoms with Crippen molar-refractivity contribution in [3.8, 4) is 5.75 Å². The maximum Gasteiger partial charge on any atom is 0.251 e. The van der Waals surface area contributed by atoms with E-state index in [0.717, 1.165) is 36.3 Å². The predicted octanol–water partition coefficient (Wildman–Crippen LogP) is 5.57. The number of ether oxygens (including phenoxy) is 1. The lowest BCUT2D eigenvalue weighted by atomic mass is 9.98. The van der Waals surface area contributed by atoms with E-state index < -0.39 is 0 Å². The van der Waals surface area contributed by atoms with Gasteiger partial charge in [0, 0.05) is 12.1 Å². The molecule has 2 aromatic carbocycles. The SMILES string of the molecule is CCCCC(CC)CNC(=O)/C(=C/c1ccc(OC)cc1)c1ccccc1. The van der Waals surface area contributed by atoms with Gasteiger partial charge in [0.2, 0.25) is 0 Å². The van der Waals surface area contributed by atoms with E-state index in [9.17, 15) is 4.79 Å². The van der Waals surface area contributed by atoms with E-state index in [-0.39, 0.29) is 5.91 Å². The van der Waals surface area contributed by atoms with Crippen LogP contribution in [0.25, 0.3) is 11.6 Å². The van der Waals surface area contributed by atoms with Gasteiger partial charge in [-0.2, -0.15) is 0 Å². The molecule has 0 aliphatic rings. The van der Waals surface area contributed by atoms with Gasteiger partial charge in [0.1, 0.15) is 5.75 Å². The first kappa shape index (κ1) is 20.8. The molecule has 27 heavy (non-hydrogen) atoms. The Morgan fingerprint density at radius 2 is 1.78 bits per heavy atom. The lowest BCUT2D eigenvalue weighted by Crippen LogP contribution is -2.29. The Balaban J connectivity index is 2.19. The summed E-state index contributed by atoms with van der Waals surface area (Å²) in [7, 11) is 1.65. The van der Waals surface area contributed by atoms with Crippen LogP contribution in [0, 0.1) is 5.92 Å². The number of amides is 1. The van der Waals surface area contributed by atoms with Crippen LogP contribution >= 0.6 is 0 Å². The van der Waals surface area contributed by atoms with Crippen LogP contribution in [-0.2, 0) is 4.79 Å². The van der Waals surface area contributed by atoms with Crippen molar-refractivity contribution in [2.45, 2.75) is 39.5 Å². The van der Waals surface area contributed by atoms with Gasteiger partial charge < -0.3 is 10.1 Å². The van der Waals surface area contributed by atoms with Gasteiger partial charge in [0.05, 0.1) is 7.11 Å². The number of carbonyl (C=O) groups is 1. The summed E-state index contributed by atoms with van der Waals surface area (Å²) in [4.78, 5) is 13.0. The lowest BCUT2D eigenvalue weighted by Gasteiger charge is -2.16. The van der Waals surface area contributed by atoms with Gasteiger partial charge in [0.25, 0.3) is 5.91 Å². The van der Waals surface area contributed by atoms with Crippen molar-refractivity contribution in [3.63, 3.8) is 0 Å². The van der Waals surface area contributed by atoms with Crippen molar-refractivity contribution in [2.75, 3.05) is 13.7 Å². The highest BCUT2D eigenvalue weighted by atomic mass is 16.5. The number of hydrogen-bond donors (Lipinski definition) is 1. The minimum absolute atomic E-state index is 0.0213.